The van der Waals surface area contributed by atoms with Crippen LogP contribution in [0.2, 0.25) is 0 Å². The zero-order valence-corrected chi connectivity index (χ0v) is 17.4. The Morgan fingerprint density at radius 1 is 1.17 bits per heavy atom. The molecule has 3 rings (SSSR count). The van der Waals surface area contributed by atoms with Crippen molar-refractivity contribution in [3.8, 4) is 0 Å². The number of carbonyl (C=O) groups is 3. The Kier molecular flexibility index (Phi) is 5.90. The van der Waals surface area contributed by atoms with Crippen molar-refractivity contribution in [1.82, 2.24) is 9.21 Å². The van der Waals surface area contributed by atoms with E-state index in [1.165, 1.54) is 33.2 Å². The molecule has 0 bridgehead atoms. The second kappa shape index (κ2) is 8.08. The summed E-state index contributed by atoms with van der Waals surface area (Å²) in [5.74, 6) is -2.20. The van der Waals surface area contributed by atoms with Crippen LogP contribution in [0, 0.1) is 11.8 Å². The van der Waals surface area contributed by atoms with Gasteiger partial charge in [-0.25, -0.2) is 17.5 Å². The van der Waals surface area contributed by atoms with Gasteiger partial charge in [0.25, 0.3) is 0 Å². The number of imide groups is 1. The number of nitrogens with zero attached hydrogens (tertiary/aromatic N) is 2. The molecule has 1 aromatic carbocycles. The van der Waals surface area contributed by atoms with E-state index in [-0.39, 0.29) is 23.3 Å². The van der Waals surface area contributed by atoms with Crippen molar-refractivity contribution in [2.24, 2.45) is 11.8 Å². The number of allylic oxidation sites excluding steroid dienone is 2. The molecule has 2 aliphatic rings. The highest BCUT2D eigenvalue weighted by Crippen LogP contribution is 2.36. The average Bonchev–Trinajstić information content (AvgIpc) is 2.96. The fraction of sp³-hybridized carbons (Fsp3) is 0.450. The lowest BCUT2D eigenvalue weighted by molar-refractivity contribution is -0.159. The maximum Gasteiger partial charge on any atom is 0.329 e. The Labute approximate surface area is 170 Å². The molecule has 1 aliphatic carbocycles. The number of ether oxygens (including phenoxy) is 1. The molecule has 0 aromatic heterocycles. The summed E-state index contributed by atoms with van der Waals surface area (Å²) >= 11 is 0. The number of likely N-dealkylation sites (tertiary alicyclic amines) is 1. The van der Waals surface area contributed by atoms with Gasteiger partial charge < -0.3 is 4.74 Å². The third-order valence-corrected chi connectivity index (χ3v) is 7.14. The van der Waals surface area contributed by atoms with Crippen LogP contribution >= 0.6 is 0 Å². The second-order valence-corrected chi connectivity index (χ2v) is 9.57. The summed E-state index contributed by atoms with van der Waals surface area (Å²) in [4.78, 5) is 38.7. The first-order chi connectivity index (χ1) is 13.6. The van der Waals surface area contributed by atoms with E-state index < -0.39 is 33.9 Å². The fourth-order valence-electron chi connectivity index (χ4n) is 3.59. The smallest absolute Gasteiger partial charge is 0.329 e. The largest absolute Gasteiger partial charge is 0.459 e. The van der Waals surface area contributed by atoms with Crippen molar-refractivity contribution in [3.63, 3.8) is 0 Å². The van der Waals surface area contributed by atoms with Crippen LogP contribution in [0.25, 0.3) is 0 Å². The number of sulfonamides is 1. The molecule has 2 amide bonds. The Morgan fingerprint density at radius 2 is 1.76 bits per heavy atom. The van der Waals surface area contributed by atoms with Gasteiger partial charge in [0.1, 0.15) is 12.6 Å². The third kappa shape index (κ3) is 3.97. The molecule has 1 aliphatic heterocycles. The molecule has 0 spiro atoms. The van der Waals surface area contributed by atoms with E-state index in [9.17, 15) is 22.8 Å². The van der Waals surface area contributed by atoms with E-state index >= 15 is 0 Å². The van der Waals surface area contributed by atoms with Crippen LogP contribution in [0.5, 0.6) is 0 Å². The van der Waals surface area contributed by atoms with Gasteiger partial charge in [-0.3, -0.25) is 14.5 Å². The van der Waals surface area contributed by atoms with E-state index in [1.54, 1.807) is 12.1 Å². The van der Waals surface area contributed by atoms with Crippen LogP contribution in [-0.4, -0.2) is 55.5 Å². The predicted octanol–water partition coefficient (Wildman–Crippen LogP) is 1.32. The predicted molar refractivity (Wildman–Crippen MR) is 104 cm³/mol. The van der Waals surface area contributed by atoms with Crippen LogP contribution in [-0.2, 0) is 35.8 Å². The van der Waals surface area contributed by atoms with Gasteiger partial charge >= 0.3 is 5.97 Å². The summed E-state index contributed by atoms with van der Waals surface area (Å²) in [7, 11) is -0.742. The zero-order valence-electron chi connectivity index (χ0n) is 16.6. The third-order valence-electron chi connectivity index (χ3n) is 5.33. The Bertz CT molecular complexity index is 943. The normalized spacial score (nSPS) is 22.7. The van der Waals surface area contributed by atoms with E-state index in [0.29, 0.717) is 18.4 Å². The van der Waals surface area contributed by atoms with Gasteiger partial charge in [0.15, 0.2) is 0 Å². The molecule has 1 fully saturated rings. The molecular formula is C20H24N2O6S. The number of esters is 1. The molecule has 1 aromatic rings. The monoisotopic (exact) mass is 420 g/mol. The summed E-state index contributed by atoms with van der Waals surface area (Å²) in [6, 6.07) is 5.06. The number of fused-ring (bicyclic) bond motifs is 1. The SMILES string of the molecule is C[C@H](C(=O)OCc1cccc(S(=O)(=O)N(C)C)c1)N1C(=O)[C@@H]2CC=CC[C@H]2C1=O. The summed E-state index contributed by atoms with van der Waals surface area (Å²) in [6.07, 6.45) is 4.77. The highest BCUT2D eigenvalue weighted by atomic mass is 32.2. The van der Waals surface area contributed by atoms with Gasteiger partial charge in [0.2, 0.25) is 21.8 Å². The first-order valence-corrected chi connectivity index (χ1v) is 10.8. The average molecular weight is 420 g/mol. The Hall–Kier alpha value is -2.52. The maximum atomic E-state index is 12.6. The van der Waals surface area contributed by atoms with Gasteiger partial charge in [-0.15, -0.1) is 0 Å². The highest BCUT2D eigenvalue weighted by molar-refractivity contribution is 7.89. The standard InChI is InChI=1S/C20H24N2O6S/c1-13(22-18(23)16-9-4-5-10-17(16)19(22)24)20(25)28-12-14-7-6-8-15(11-14)29(26,27)21(2)3/h4-8,11,13,16-17H,9-10,12H2,1-3H3/t13-,16-,17-/m1/s1. The molecule has 0 radical (unpaired) electrons. The second-order valence-electron chi connectivity index (χ2n) is 7.42. The molecular weight excluding hydrogens is 396 g/mol. The quantitative estimate of drug-likeness (QED) is 0.391. The number of benzene rings is 1. The van der Waals surface area contributed by atoms with Crippen LogP contribution in [0.15, 0.2) is 41.3 Å². The zero-order chi connectivity index (χ0) is 21.3. The lowest BCUT2D eigenvalue weighted by atomic mass is 9.85. The van der Waals surface area contributed by atoms with Gasteiger partial charge in [0.05, 0.1) is 16.7 Å². The van der Waals surface area contributed by atoms with E-state index in [1.807, 2.05) is 12.2 Å². The summed E-state index contributed by atoms with van der Waals surface area (Å²) in [5, 5.41) is 0. The number of rotatable bonds is 6. The topological polar surface area (TPSA) is 101 Å². The first kappa shape index (κ1) is 21.2. The van der Waals surface area contributed by atoms with E-state index in [0.717, 1.165) is 9.21 Å². The van der Waals surface area contributed by atoms with Crippen molar-refractivity contribution in [2.75, 3.05) is 14.1 Å². The minimum Gasteiger partial charge on any atom is -0.459 e. The Balaban J connectivity index is 1.67. The van der Waals surface area contributed by atoms with Crippen molar-refractivity contribution in [3.05, 3.63) is 42.0 Å². The molecule has 1 heterocycles. The number of hydrogen-bond acceptors (Lipinski definition) is 6. The minimum absolute atomic E-state index is 0.0885. The summed E-state index contributed by atoms with van der Waals surface area (Å²) in [6.45, 7) is 1.31. The van der Waals surface area contributed by atoms with Crippen molar-refractivity contribution >= 4 is 27.8 Å². The maximum absolute atomic E-state index is 12.6. The van der Waals surface area contributed by atoms with Crippen molar-refractivity contribution in [1.29, 1.82) is 0 Å². The van der Waals surface area contributed by atoms with Crippen LogP contribution in [0.3, 0.4) is 0 Å². The molecule has 29 heavy (non-hydrogen) atoms. The van der Waals surface area contributed by atoms with E-state index in [2.05, 4.69) is 0 Å². The highest BCUT2D eigenvalue weighted by Gasteiger charge is 2.50. The summed E-state index contributed by atoms with van der Waals surface area (Å²) < 4.78 is 30.8. The molecule has 1 saturated heterocycles. The van der Waals surface area contributed by atoms with Crippen LogP contribution in [0.1, 0.15) is 25.3 Å². The van der Waals surface area contributed by atoms with Gasteiger partial charge in [-0.1, -0.05) is 24.3 Å². The summed E-state index contributed by atoms with van der Waals surface area (Å²) in [5.41, 5.74) is 0.491. The Morgan fingerprint density at radius 3 is 2.31 bits per heavy atom. The van der Waals surface area contributed by atoms with Gasteiger partial charge in [-0.05, 0) is 37.5 Å². The first-order valence-electron chi connectivity index (χ1n) is 9.34. The molecule has 0 saturated carbocycles. The molecule has 8 nitrogen and oxygen atoms in total. The van der Waals surface area contributed by atoms with Crippen molar-refractivity contribution < 1.29 is 27.5 Å². The lowest BCUT2D eigenvalue weighted by Crippen LogP contribution is -2.44. The molecule has 0 N–H and O–H groups in total. The van der Waals surface area contributed by atoms with Gasteiger partial charge in [-0.2, -0.15) is 0 Å². The number of carbonyl (C=O) groups excluding carboxylic acids is 3. The number of hydrogen-bond donors (Lipinski definition) is 0. The molecule has 9 heteroatoms. The van der Waals surface area contributed by atoms with E-state index in [4.69, 9.17) is 4.74 Å². The molecule has 3 atom stereocenters. The minimum atomic E-state index is -3.60. The fourth-order valence-corrected chi connectivity index (χ4v) is 4.57. The van der Waals surface area contributed by atoms with Crippen molar-refractivity contribution in [2.45, 2.75) is 37.3 Å². The molecule has 156 valence electrons. The van der Waals surface area contributed by atoms with Gasteiger partial charge in [0, 0.05) is 14.1 Å². The molecule has 0 unspecified atom stereocenters. The van der Waals surface area contributed by atoms with Crippen LogP contribution in [0.4, 0.5) is 0 Å². The van der Waals surface area contributed by atoms with Crippen LogP contribution < -0.4 is 0 Å². The number of amides is 2. The lowest BCUT2D eigenvalue weighted by Gasteiger charge is -2.21.